The fourth-order valence-electron chi connectivity index (χ4n) is 7.66. The maximum Gasteiger partial charge on any atom is 0.415 e. The van der Waals surface area contributed by atoms with Crippen molar-refractivity contribution in [3.63, 3.8) is 0 Å². The van der Waals surface area contributed by atoms with Gasteiger partial charge in [-0.1, -0.05) is 72.8 Å². The van der Waals surface area contributed by atoms with Crippen LogP contribution < -0.4 is 0 Å². The van der Waals surface area contributed by atoms with E-state index in [1.54, 1.807) is 6.07 Å². The average Bonchev–Trinajstić information content (AvgIpc) is 3.63. The summed E-state index contributed by atoms with van der Waals surface area (Å²) in [7, 11) is 0. The summed E-state index contributed by atoms with van der Waals surface area (Å²) < 4.78 is 47.4. The third-order valence-corrected chi connectivity index (χ3v) is 9.83. The zero-order valence-electron chi connectivity index (χ0n) is 27.7. The number of hydrogen-bond acceptors (Lipinski definition) is 1. The van der Waals surface area contributed by atoms with Crippen molar-refractivity contribution in [3.05, 3.63) is 148 Å². The van der Waals surface area contributed by atoms with Crippen LogP contribution in [0.2, 0.25) is 0 Å². The van der Waals surface area contributed by atoms with E-state index in [9.17, 15) is 18.4 Å². The highest BCUT2D eigenvalue weighted by atomic mass is 19.4. The van der Waals surface area contributed by atoms with Gasteiger partial charge >= 0.3 is 6.18 Å². The lowest BCUT2D eigenvalue weighted by molar-refractivity contribution is -0.137. The normalized spacial score (nSPS) is 11.9. The van der Waals surface area contributed by atoms with Crippen LogP contribution in [0.5, 0.6) is 0 Å². The Morgan fingerprint density at radius 1 is 0.600 bits per heavy atom. The van der Waals surface area contributed by atoms with E-state index in [1.165, 1.54) is 6.07 Å². The number of halogens is 3. The number of fused-ring (bicyclic) bond motifs is 6. The van der Waals surface area contributed by atoms with Crippen LogP contribution in [0.1, 0.15) is 33.4 Å². The van der Waals surface area contributed by atoms with Crippen molar-refractivity contribution in [2.45, 2.75) is 33.9 Å². The Bertz CT molecular complexity index is 2700. The van der Waals surface area contributed by atoms with E-state index in [0.29, 0.717) is 22.5 Å². The zero-order valence-corrected chi connectivity index (χ0v) is 27.7. The van der Waals surface area contributed by atoms with Gasteiger partial charge in [0.05, 0.1) is 45.6 Å². The van der Waals surface area contributed by atoms with Crippen LogP contribution in [0.15, 0.2) is 103 Å². The van der Waals surface area contributed by atoms with Gasteiger partial charge in [0.1, 0.15) is 6.07 Å². The van der Waals surface area contributed by atoms with Crippen molar-refractivity contribution in [3.8, 4) is 28.6 Å². The lowest BCUT2D eigenvalue weighted by atomic mass is 9.96. The third kappa shape index (κ3) is 4.51. The van der Waals surface area contributed by atoms with Crippen LogP contribution in [-0.2, 0) is 6.18 Å². The zero-order chi connectivity index (χ0) is 35.1. The first-order chi connectivity index (χ1) is 24.0. The summed E-state index contributed by atoms with van der Waals surface area (Å²) in [6.45, 7) is 15.8. The number of nitriles is 1. The van der Waals surface area contributed by atoms with Gasteiger partial charge in [0.15, 0.2) is 5.69 Å². The molecule has 4 nitrogen and oxygen atoms in total. The summed E-state index contributed by atoms with van der Waals surface area (Å²) in [6.07, 6.45) is -4.67. The molecule has 0 aliphatic carbocycles. The molecule has 0 spiro atoms. The predicted molar refractivity (Wildman–Crippen MR) is 195 cm³/mol. The van der Waals surface area contributed by atoms with Crippen LogP contribution >= 0.6 is 0 Å². The van der Waals surface area contributed by atoms with Gasteiger partial charge in [-0.05, 0) is 85.8 Å². The molecule has 0 aliphatic heterocycles. The molecule has 0 saturated carbocycles. The first-order valence-corrected chi connectivity index (χ1v) is 16.2. The summed E-state index contributed by atoms with van der Waals surface area (Å²) in [5.74, 6) is 0. The molecular weight excluding hydrogens is 629 g/mol. The molecule has 0 saturated heterocycles. The van der Waals surface area contributed by atoms with E-state index in [0.717, 1.165) is 78.0 Å². The Balaban J connectivity index is 1.61. The van der Waals surface area contributed by atoms with Crippen molar-refractivity contribution in [1.29, 1.82) is 5.26 Å². The molecule has 0 radical (unpaired) electrons. The molecule has 0 atom stereocenters. The number of rotatable bonds is 3. The van der Waals surface area contributed by atoms with E-state index < -0.39 is 11.7 Å². The van der Waals surface area contributed by atoms with Gasteiger partial charge in [0.2, 0.25) is 0 Å². The summed E-state index contributed by atoms with van der Waals surface area (Å²) in [5.41, 5.74) is 8.72. The number of aromatic nitrogens is 2. The van der Waals surface area contributed by atoms with Crippen molar-refractivity contribution in [2.24, 2.45) is 0 Å². The van der Waals surface area contributed by atoms with Crippen LogP contribution in [0, 0.1) is 45.6 Å². The summed E-state index contributed by atoms with van der Waals surface area (Å²) in [4.78, 5) is 3.45. The van der Waals surface area contributed by atoms with Crippen LogP contribution in [0.4, 0.5) is 18.9 Å². The number of para-hydroxylation sites is 4. The number of alkyl halides is 3. The Morgan fingerprint density at radius 2 is 1.04 bits per heavy atom. The summed E-state index contributed by atoms with van der Waals surface area (Å²) >= 11 is 0. The molecule has 2 aromatic heterocycles. The number of hydrogen-bond donors (Lipinski definition) is 0. The van der Waals surface area contributed by atoms with E-state index in [2.05, 4.69) is 32.2 Å². The molecule has 8 aromatic rings. The van der Waals surface area contributed by atoms with Gasteiger partial charge in [-0.25, -0.2) is 4.85 Å². The third-order valence-electron chi connectivity index (χ3n) is 9.83. The van der Waals surface area contributed by atoms with Crippen molar-refractivity contribution in [2.75, 3.05) is 0 Å². The summed E-state index contributed by atoms with van der Waals surface area (Å²) in [5, 5.41) is 14.9. The summed E-state index contributed by atoms with van der Waals surface area (Å²) in [6, 6.07) is 33.9. The lowest BCUT2D eigenvalue weighted by Crippen LogP contribution is -2.07. The van der Waals surface area contributed by atoms with Crippen LogP contribution in [0.25, 0.3) is 71.0 Å². The molecule has 2 heterocycles. The molecular formula is C43H29F3N4. The first-order valence-electron chi connectivity index (χ1n) is 16.2. The molecule has 242 valence electrons. The van der Waals surface area contributed by atoms with Gasteiger partial charge < -0.3 is 9.13 Å². The second-order valence-electron chi connectivity index (χ2n) is 12.9. The molecule has 0 aliphatic rings. The number of benzene rings is 6. The highest BCUT2D eigenvalue weighted by Gasteiger charge is 2.32. The van der Waals surface area contributed by atoms with E-state index in [-0.39, 0.29) is 11.3 Å². The molecule has 7 heteroatoms. The Labute approximate surface area is 286 Å². The molecule has 6 aromatic carbocycles. The monoisotopic (exact) mass is 658 g/mol. The maximum absolute atomic E-state index is 14.4. The molecule has 0 amide bonds. The minimum absolute atomic E-state index is 0.121. The van der Waals surface area contributed by atoms with E-state index in [1.807, 2.05) is 94.4 Å². The minimum atomic E-state index is -4.67. The lowest BCUT2D eigenvalue weighted by Gasteiger charge is -2.21. The fraction of sp³-hybridized carbons (Fsp3) is 0.116. The van der Waals surface area contributed by atoms with E-state index >= 15 is 0 Å². The van der Waals surface area contributed by atoms with Crippen molar-refractivity contribution < 1.29 is 13.2 Å². The standard InChI is InChI=1S/C43H29F3N4/c1-24-10-6-14-32-33-15-7-11-25(2)40(33)49(39(24)32)37-22-36(28-18-30(43(44,45)46)21-31(19-28)48-5)38(20-29(37)23-47)50-41-26(3)12-8-16-34(41)35-17-9-13-27(4)42(35)50/h6-22H,1-4H3. The van der Waals surface area contributed by atoms with Gasteiger partial charge in [0, 0.05) is 32.7 Å². The van der Waals surface area contributed by atoms with Crippen LogP contribution in [0.3, 0.4) is 0 Å². The van der Waals surface area contributed by atoms with Gasteiger partial charge in [-0.2, -0.15) is 18.4 Å². The molecule has 50 heavy (non-hydrogen) atoms. The fourth-order valence-corrected chi connectivity index (χ4v) is 7.66. The highest BCUT2D eigenvalue weighted by molar-refractivity contribution is 6.13. The first kappa shape index (κ1) is 31.0. The smallest absolute Gasteiger partial charge is 0.308 e. The predicted octanol–water partition coefficient (Wildman–Crippen LogP) is 12.2. The van der Waals surface area contributed by atoms with Gasteiger partial charge in [-0.15, -0.1) is 0 Å². The van der Waals surface area contributed by atoms with Gasteiger partial charge in [0.25, 0.3) is 0 Å². The Kier molecular flexibility index (Phi) is 6.89. The van der Waals surface area contributed by atoms with E-state index in [4.69, 9.17) is 6.57 Å². The van der Waals surface area contributed by atoms with Crippen molar-refractivity contribution in [1.82, 2.24) is 9.13 Å². The molecule has 0 fully saturated rings. The minimum Gasteiger partial charge on any atom is -0.308 e. The SMILES string of the molecule is [C-]#[N+]c1cc(-c2cc(-n3c4c(C)cccc4c4cccc(C)c43)c(C#N)cc2-n2c3c(C)cccc3c3cccc(C)c32)cc(C(F)(F)F)c1. The largest absolute Gasteiger partial charge is 0.415 e. The Morgan fingerprint density at radius 3 is 1.44 bits per heavy atom. The quantitative estimate of drug-likeness (QED) is 0.174. The number of nitrogens with zero attached hydrogens (tertiary/aromatic N) is 4. The highest BCUT2D eigenvalue weighted by Crippen LogP contribution is 2.44. The molecule has 0 N–H and O–H groups in total. The molecule has 0 unspecified atom stereocenters. The maximum atomic E-state index is 14.4. The number of aryl methyl sites for hydroxylation is 4. The second-order valence-corrected chi connectivity index (χ2v) is 12.9. The average molecular weight is 659 g/mol. The topological polar surface area (TPSA) is 38.0 Å². The Hall–Kier alpha value is -6.31. The van der Waals surface area contributed by atoms with Crippen molar-refractivity contribution >= 4 is 49.3 Å². The molecule has 8 rings (SSSR count). The van der Waals surface area contributed by atoms with Crippen LogP contribution in [-0.4, -0.2) is 9.13 Å². The van der Waals surface area contributed by atoms with Gasteiger partial charge in [-0.3, -0.25) is 0 Å². The molecule has 0 bridgehead atoms. The second kappa shape index (κ2) is 11.1.